The number of rotatable bonds is 7. The highest BCUT2D eigenvalue weighted by molar-refractivity contribution is 4.87. The summed E-state index contributed by atoms with van der Waals surface area (Å²) in [5, 5.41) is 14.0. The van der Waals surface area contributed by atoms with Gasteiger partial charge in [0.05, 0.1) is 5.60 Å². The summed E-state index contributed by atoms with van der Waals surface area (Å²) in [5.41, 5.74) is -0.464. The molecule has 1 aliphatic carbocycles. The highest BCUT2D eigenvalue weighted by Gasteiger charge is 2.34. The molecule has 3 atom stereocenters. The molecule has 0 aromatic carbocycles. The minimum Gasteiger partial charge on any atom is -0.390 e. The number of nitrogens with one attached hydrogen (secondary N) is 1. The van der Waals surface area contributed by atoms with Gasteiger partial charge in [-0.3, -0.25) is 0 Å². The molecule has 102 valence electrons. The maximum Gasteiger partial charge on any atom is 0.0660 e. The smallest absolute Gasteiger partial charge is 0.0660 e. The van der Waals surface area contributed by atoms with Gasteiger partial charge in [-0.1, -0.05) is 33.1 Å². The van der Waals surface area contributed by atoms with Gasteiger partial charge in [0.25, 0.3) is 0 Å². The molecule has 2 N–H and O–H groups in total. The molecule has 1 aliphatic rings. The second kappa shape index (κ2) is 7.38. The fourth-order valence-corrected chi connectivity index (χ4v) is 3.07. The minimum absolute atomic E-state index is 0.464. The van der Waals surface area contributed by atoms with E-state index in [2.05, 4.69) is 19.2 Å². The van der Waals surface area contributed by atoms with E-state index in [1.807, 2.05) is 6.92 Å². The Labute approximate surface area is 107 Å². The van der Waals surface area contributed by atoms with Crippen molar-refractivity contribution in [1.29, 1.82) is 0 Å². The summed E-state index contributed by atoms with van der Waals surface area (Å²) in [6, 6.07) is 0. The molecule has 2 heteroatoms. The Kier molecular flexibility index (Phi) is 6.50. The summed E-state index contributed by atoms with van der Waals surface area (Å²) in [6.07, 6.45) is 8.48. The molecular weight excluding hydrogens is 210 g/mol. The molecule has 1 fully saturated rings. The van der Waals surface area contributed by atoms with E-state index < -0.39 is 5.60 Å². The Morgan fingerprint density at radius 3 is 2.65 bits per heavy atom. The predicted octanol–water partition coefficient (Wildman–Crippen LogP) is 3.34. The van der Waals surface area contributed by atoms with E-state index >= 15 is 0 Å². The fourth-order valence-electron chi connectivity index (χ4n) is 3.07. The zero-order valence-corrected chi connectivity index (χ0v) is 12.0. The van der Waals surface area contributed by atoms with Crippen molar-refractivity contribution in [3.63, 3.8) is 0 Å². The van der Waals surface area contributed by atoms with Crippen molar-refractivity contribution in [2.45, 2.75) is 71.3 Å². The van der Waals surface area contributed by atoms with E-state index in [9.17, 15) is 5.11 Å². The second-order valence-electron chi connectivity index (χ2n) is 5.99. The lowest BCUT2D eigenvalue weighted by Crippen LogP contribution is -2.40. The Hall–Kier alpha value is -0.0800. The Morgan fingerprint density at radius 2 is 2.00 bits per heavy atom. The van der Waals surface area contributed by atoms with Crippen molar-refractivity contribution < 1.29 is 5.11 Å². The van der Waals surface area contributed by atoms with E-state index in [0.717, 1.165) is 25.4 Å². The monoisotopic (exact) mass is 241 g/mol. The summed E-state index contributed by atoms with van der Waals surface area (Å²) in [4.78, 5) is 0. The molecule has 0 amide bonds. The Morgan fingerprint density at radius 1 is 1.24 bits per heavy atom. The molecule has 0 aromatic heterocycles. The van der Waals surface area contributed by atoms with Crippen molar-refractivity contribution >= 4 is 0 Å². The summed E-state index contributed by atoms with van der Waals surface area (Å²) in [6.45, 7) is 8.53. The molecule has 0 aromatic rings. The lowest BCUT2D eigenvalue weighted by molar-refractivity contribution is -0.0321. The first-order valence-electron chi connectivity index (χ1n) is 7.53. The van der Waals surface area contributed by atoms with Crippen LogP contribution >= 0.6 is 0 Å². The van der Waals surface area contributed by atoms with E-state index in [1.54, 1.807) is 0 Å². The Bertz CT molecular complexity index is 203. The van der Waals surface area contributed by atoms with Gasteiger partial charge in [0.2, 0.25) is 0 Å². The summed E-state index contributed by atoms with van der Waals surface area (Å²) < 4.78 is 0. The van der Waals surface area contributed by atoms with E-state index in [-0.39, 0.29) is 0 Å². The third-order valence-corrected chi connectivity index (χ3v) is 4.47. The molecular formula is C15H31NO. The van der Waals surface area contributed by atoms with Crippen molar-refractivity contribution in [3.8, 4) is 0 Å². The molecule has 0 bridgehead atoms. The largest absolute Gasteiger partial charge is 0.390 e. The number of aliphatic hydroxyl groups is 1. The first-order valence-corrected chi connectivity index (χ1v) is 7.53. The molecule has 3 unspecified atom stereocenters. The van der Waals surface area contributed by atoms with Gasteiger partial charge in [-0.05, 0) is 57.5 Å². The lowest BCUT2D eigenvalue weighted by atomic mass is 9.71. The quantitative estimate of drug-likeness (QED) is 0.670. The highest BCUT2D eigenvalue weighted by Crippen LogP contribution is 2.38. The maximum absolute atomic E-state index is 10.6. The van der Waals surface area contributed by atoms with Gasteiger partial charge in [0, 0.05) is 0 Å². The van der Waals surface area contributed by atoms with Crippen LogP contribution in [0.1, 0.15) is 65.7 Å². The van der Waals surface area contributed by atoms with Gasteiger partial charge in [-0.25, -0.2) is 0 Å². The van der Waals surface area contributed by atoms with Gasteiger partial charge >= 0.3 is 0 Å². The summed E-state index contributed by atoms with van der Waals surface area (Å²) in [7, 11) is 0. The van der Waals surface area contributed by atoms with Crippen LogP contribution in [0.5, 0.6) is 0 Å². The zero-order chi connectivity index (χ0) is 12.7. The second-order valence-corrected chi connectivity index (χ2v) is 5.99. The van der Waals surface area contributed by atoms with Crippen LogP contribution < -0.4 is 5.32 Å². The van der Waals surface area contributed by atoms with Crippen molar-refractivity contribution in [1.82, 2.24) is 5.32 Å². The molecule has 0 heterocycles. The van der Waals surface area contributed by atoms with Crippen molar-refractivity contribution in [2.75, 3.05) is 13.1 Å². The van der Waals surface area contributed by atoms with Gasteiger partial charge < -0.3 is 10.4 Å². The molecule has 2 nitrogen and oxygen atoms in total. The van der Waals surface area contributed by atoms with Crippen LogP contribution in [0.2, 0.25) is 0 Å². The lowest BCUT2D eigenvalue weighted by Gasteiger charge is -2.38. The van der Waals surface area contributed by atoms with Crippen molar-refractivity contribution in [2.24, 2.45) is 11.8 Å². The Balaban J connectivity index is 2.34. The average molecular weight is 241 g/mol. The first kappa shape index (κ1) is 15.0. The topological polar surface area (TPSA) is 32.3 Å². The molecule has 17 heavy (non-hydrogen) atoms. The average Bonchev–Trinajstić information content (AvgIpc) is 2.35. The summed E-state index contributed by atoms with van der Waals surface area (Å²) >= 11 is 0. The van der Waals surface area contributed by atoms with Gasteiger partial charge in [0.1, 0.15) is 0 Å². The third kappa shape index (κ3) is 4.97. The van der Waals surface area contributed by atoms with E-state index in [4.69, 9.17) is 0 Å². The molecule has 0 radical (unpaired) electrons. The van der Waals surface area contributed by atoms with Crippen LogP contribution in [-0.4, -0.2) is 23.8 Å². The fraction of sp³-hybridized carbons (Fsp3) is 1.00. The molecule has 1 saturated carbocycles. The van der Waals surface area contributed by atoms with Crippen LogP contribution in [0.25, 0.3) is 0 Å². The van der Waals surface area contributed by atoms with E-state index in [0.29, 0.717) is 5.92 Å². The third-order valence-electron chi connectivity index (χ3n) is 4.47. The highest BCUT2D eigenvalue weighted by atomic mass is 16.3. The van der Waals surface area contributed by atoms with Crippen molar-refractivity contribution in [3.05, 3.63) is 0 Å². The first-order chi connectivity index (χ1) is 8.10. The van der Waals surface area contributed by atoms with Gasteiger partial charge in [0.15, 0.2) is 0 Å². The SMILES string of the molecule is CCCNCCC(C)(O)C1CCCC(CC)C1. The van der Waals surface area contributed by atoms with Crippen LogP contribution in [-0.2, 0) is 0 Å². The summed E-state index contributed by atoms with van der Waals surface area (Å²) in [5.74, 6) is 1.37. The molecule has 1 rings (SSSR count). The predicted molar refractivity (Wildman–Crippen MR) is 74.1 cm³/mol. The van der Waals surface area contributed by atoms with E-state index in [1.165, 1.54) is 38.5 Å². The van der Waals surface area contributed by atoms with Gasteiger partial charge in [-0.2, -0.15) is 0 Å². The normalized spacial score (nSPS) is 28.9. The van der Waals surface area contributed by atoms with Crippen LogP contribution in [0, 0.1) is 11.8 Å². The molecule has 0 spiro atoms. The number of hydrogen-bond donors (Lipinski definition) is 2. The standard InChI is InChI=1S/C15H31NO/c1-4-10-16-11-9-15(3,17)14-8-6-7-13(5-2)12-14/h13-14,16-17H,4-12H2,1-3H3. The zero-order valence-electron chi connectivity index (χ0n) is 12.0. The maximum atomic E-state index is 10.6. The molecule has 0 aliphatic heterocycles. The van der Waals surface area contributed by atoms with Crippen LogP contribution in [0.4, 0.5) is 0 Å². The minimum atomic E-state index is -0.464. The van der Waals surface area contributed by atoms with Crippen LogP contribution in [0.3, 0.4) is 0 Å². The van der Waals surface area contributed by atoms with Crippen LogP contribution in [0.15, 0.2) is 0 Å². The molecule has 0 saturated heterocycles. The van der Waals surface area contributed by atoms with Gasteiger partial charge in [-0.15, -0.1) is 0 Å². The number of hydrogen-bond acceptors (Lipinski definition) is 2.